The van der Waals surface area contributed by atoms with E-state index >= 15 is 4.39 Å². The molecule has 0 unspecified atom stereocenters. The number of anilines is 1. The number of pyridine rings is 2. The van der Waals surface area contributed by atoms with Crippen LogP contribution in [0.1, 0.15) is 31.9 Å². The molecular formula is C24H24FN5O3. The zero-order chi connectivity index (χ0) is 24.1. The highest BCUT2D eigenvalue weighted by Crippen LogP contribution is 2.29. The lowest BCUT2D eigenvalue weighted by Gasteiger charge is -2.20. The summed E-state index contributed by atoms with van der Waals surface area (Å²) in [6, 6.07) is 6.24. The molecule has 170 valence electrons. The molecule has 0 aliphatic heterocycles. The number of rotatable bonds is 3. The van der Waals surface area contributed by atoms with E-state index in [0.717, 1.165) is 10.2 Å². The number of benzene rings is 1. The van der Waals surface area contributed by atoms with Gasteiger partial charge in [-0.3, -0.25) is 9.59 Å². The van der Waals surface area contributed by atoms with Gasteiger partial charge >= 0.3 is 0 Å². The summed E-state index contributed by atoms with van der Waals surface area (Å²) < 4.78 is 17.3. The normalized spacial score (nSPS) is 11.8. The SMILES string of the molecule is Cn1cc(-c2ccnc(-n3ncc4cc(C(C)(C)C)cc(F)c4c3=O)c2CO)cc(N)c1=O. The minimum absolute atomic E-state index is 0.0370. The first-order valence-corrected chi connectivity index (χ1v) is 10.3. The fraction of sp³-hybridized carbons (Fsp3) is 0.250. The number of hydrogen-bond acceptors (Lipinski definition) is 6. The number of nitrogens with two attached hydrogens (primary N) is 1. The van der Waals surface area contributed by atoms with Gasteiger partial charge in [-0.15, -0.1) is 0 Å². The molecule has 0 saturated carbocycles. The summed E-state index contributed by atoms with van der Waals surface area (Å²) in [5.41, 5.74) is 6.62. The molecule has 0 spiro atoms. The molecule has 0 saturated heterocycles. The number of aromatic nitrogens is 4. The summed E-state index contributed by atoms with van der Waals surface area (Å²) in [5.74, 6) is -0.584. The van der Waals surface area contributed by atoms with Crippen molar-refractivity contribution in [3.05, 3.63) is 80.5 Å². The van der Waals surface area contributed by atoms with Crippen LogP contribution in [0.2, 0.25) is 0 Å². The van der Waals surface area contributed by atoms with Gasteiger partial charge < -0.3 is 15.4 Å². The second kappa shape index (κ2) is 7.93. The van der Waals surface area contributed by atoms with Gasteiger partial charge in [-0.2, -0.15) is 9.78 Å². The number of hydrogen-bond donors (Lipinski definition) is 2. The number of fused-ring (bicyclic) bond motifs is 1. The average molecular weight is 449 g/mol. The Morgan fingerprint density at radius 1 is 1.15 bits per heavy atom. The lowest BCUT2D eigenvalue weighted by Crippen LogP contribution is -2.25. The van der Waals surface area contributed by atoms with Gasteiger partial charge in [0.15, 0.2) is 5.82 Å². The van der Waals surface area contributed by atoms with Gasteiger partial charge in [-0.25, -0.2) is 9.37 Å². The van der Waals surface area contributed by atoms with Crippen LogP contribution in [0.15, 0.2) is 52.4 Å². The van der Waals surface area contributed by atoms with Crippen molar-refractivity contribution in [1.82, 2.24) is 19.3 Å². The first kappa shape index (κ1) is 22.3. The molecule has 0 atom stereocenters. The summed E-state index contributed by atoms with van der Waals surface area (Å²) in [4.78, 5) is 29.5. The molecule has 0 aliphatic rings. The Hall–Kier alpha value is -3.85. The number of nitrogen functional groups attached to an aromatic ring is 1. The third kappa shape index (κ3) is 3.80. The number of halogens is 1. The predicted octanol–water partition coefficient (Wildman–Crippen LogP) is 2.66. The fourth-order valence-corrected chi connectivity index (χ4v) is 3.79. The Morgan fingerprint density at radius 3 is 2.52 bits per heavy atom. The maximum Gasteiger partial charge on any atom is 0.283 e. The van der Waals surface area contributed by atoms with Crippen LogP contribution in [-0.4, -0.2) is 24.4 Å². The summed E-state index contributed by atoms with van der Waals surface area (Å²) in [6.07, 6.45) is 4.43. The van der Waals surface area contributed by atoms with E-state index in [4.69, 9.17) is 5.73 Å². The van der Waals surface area contributed by atoms with Crippen LogP contribution in [0.5, 0.6) is 0 Å². The molecular weight excluding hydrogens is 425 g/mol. The molecule has 3 N–H and O–H groups in total. The zero-order valence-corrected chi connectivity index (χ0v) is 18.8. The molecule has 3 aromatic heterocycles. The average Bonchev–Trinajstić information content (AvgIpc) is 2.76. The van der Waals surface area contributed by atoms with Gasteiger partial charge in [-0.1, -0.05) is 20.8 Å². The van der Waals surface area contributed by atoms with Crippen molar-refractivity contribution in [2.75, 3.05) is 5.73 Å². The van der Waals surface area contributed by atoms with E-state index in [1.54, 1.807) is 25.4 Å². The van der Waals surface area contributed by atoms with Crippen LogP contribution < -0.4 is 16.9 Å². The van der Waals surface area contributed by atoms with E-state index in [1.807, 2.05) is 20.8 Å². The standard InChI is InChI=1S/C24H24FN5O3/c1-24(2,3)15-7-13-10-28-30(23(33)20(13)18(25)9-15)21-17(12-31)16(5-6-27-21)14-8-19(26)22(32)29(4)11-14/h5-11,31H,12,26H2,1-4H3. The molecule has 1 aromatic carbocycles. The Bertz CT molecular complexity index is 1490. The molecule has 0 bridgehead atoms. The maximum absolute atomic E-state index is 15.0. The minimum Gasteiger partial charge on any atom is -0.394 e. The summed E-state index contributed by atoms with van der Waals surface area (Å²) in [6.45, 7) is 5.39. The van der Waals surface area contributed by atoms with Crippen molar-refractivity contribution in [2.45, 2.75) is 32.8 Å². The highest BCUT2D eigenvalue weighted by molar-refractivity contribution is 5.82. The van der Waals surface area contributed by atoms with Gasteiger partial charge in [-0.05, 0) is 40.8 Å². The van der Waals surface area contributed by atoms with E-state index in [0.29, 0.717) is 16.5 Å². The molecule has 4 rings (SSSR count). The van der Waals surface area contributed by atoms with Crippen molar-refractivity contribution in [2.24, 2.45) is 7.05 Å². The van der Waals surface area contributed by atoms with E-state index in [-0.39, 0.29) is 33.4 Å². The smallest absolute Gasteiger partial charge is 0.283 e. The lowest BCUT2D eigenvalue weighted by atomic mass is 9.86. The summed E-state index contributed by atoms with van der Waals surface area (Å²) in [7, 11) is 1.56. The minimum atomic E-state index is -0.690. The first-order chi connectivity index (χ1) is 15.5. The van der Waals surface area contributed by atoms with Crippen molar-refractivity contribution in [3.63, 3.8) is 0 Å². The summed E-state index contributed by atoms with van der Waals surface area (Å²) >= 11 is 0. The van der Waals surface area contributed by atoms with Gasteiger partial charge in [0.2, 0.25) is 0 Å². The molecule has 4 aromatic rings. The number of aryl methyl sites for hydroxylation is 1. The Morgan fingerprint density at radius 2 is 1.88 bits per heavy atom. The Balaban J connectivity index is 1.97. The van der Waals surface area contributed by atoms with Gasteiger partial charge in [0.25, 0.3) is 11.1 Å². The topological polar surface area (TPSA) is 116 Å². The first-order valence-electron chi connectivity index (χ1n) is 10.3. The van der Waals surface area contributed by atoms with Crippen molar-refractivity contribution >= 4 is 16.5 Å². The predicted molar refractivity (Wildman–Crippen MR) is 125 cm³/mol. The van der Waals surface area contributed by atoms with Gasteiger partial charge in [0.05, 0.1) is 23.9 Å². The van der Waals surface area contributed by atoms with Gasteiger partial charge in [0.1, 0.15) is 5.82 Å². The lowest BCUT2D eigenvalue weighted by molar-refractivity contribution is 0.281. The Labute approximate surface area is 188 Å². The quantitative estimate of drug-likeness (QED) is 0.497. The van der Waals surface area contributed by atoms with Crippen LogP contribution in [0.3, 0.4) is 0 Å². The highest BCUT2D eigenvalue weighted by Gasteiger charge is 2.21. The molecule has 0 aliphatic carbocycles. The van der Waals surface area contributed by atoms with E-state index in [9.17, 15) is 14.7 Å². The maximum atomic E-state index is 15.0. The molecule has 9 heteroatoms. The highest BCUT2D eigenvalue weighted by atomic mass is 19.1. The van der Waals surface area contributed by atoms with E-state index in [1.165, 1.54) is 29.1 Å². The van der Waals surface area contributed by atoms with Crippen molar-refractivity contribution < 1.29 is 9.50 Å². The van der Waals surface area contributed by atoms with Crippen LogP contribution in [0, 0.1) is 5.82 Å². The third-order valence-corrected chi connectivity index (χ3v) is 5.62. The molecule has 33 heavy (non-hydrogen) atoms. The molecule has 0 fully saturated rings. The number of aliphatic hydroxyl groups is 1. The van der Waals surface area contributed by atoms with Crippen LogP contribution in [0.4, 0.5) is 10.1 Å². The summed E-state index contributed by atoms with van der Waals surface area (Å²) in [5, 5.41) is 14.6. The van der Waals surface area contributed by atoms with Crippen molar-refractivity contribution in [3.8, 4) is 16.9 Å². The van der Waals surface area contributed by atoms with Crippen molar-refractivity contribution in [1.29, 1.82) is 0 Å². The van der Waals surface area contributed by atoms with Crippen LogP contribution in [0.25, 0.3) is 27.7 Å². The second-order valence-electron chi connectivity index (χ2n) is 8.95. The second-order valence-corrected chi connectivity index (χ2v) is 8.95. The van der Waals surface area contributed by atoms with E-state index in [2.05, 4.69) is 10.1 Å². The van der Waals surface area contributed by atoms with Gasteiger partial charge in [0, 0.05) is 36.0 Å². The largest absolute Gasteiger partial charge is 0.394 e. The third-order valence-electron chi connectivity index (χ3n) is 5.62. The molecule has 0 radical (unpaired) electrons. The van der Waals surface area contributed by atoms with Crippen LogP contribution >= 0.6 is 0 Å². The monoisotopic (exact) mass is 449 g/mol. The fourth-order valence-electron chi connectivity index (χ4n) is 3.79. The molecule has 8 nitrogen and oxygen atoms in total. The number of nitrogens with zero attached hydrogens (tertiary/aromatic N) is 4. The zero-order valence-electron chi connectivity index (χ0n) is 18.8. The Kier molecular flexibility index (Phi) is 5.37. The molecule has 0 amide bonds. The number of aliphatic hydroxyl groups excluding tert-OH is 1. The molecule has 3 heterocycles. The van der Waals surface area contributed by atoms with Crippen LogP contribution in [-0.2, 0) is 19.1 Å². The van der Waals surface area contributed by atoms with E-state index < -0.39 is 18.0 Å².